The summed E-state index contributed by atoms with van der Waals surface area (Å²) >= 11 is 0. The maximum atomic E-state index is 11.5. The minimum Gasteiger partial charge on any atom is -0.349 e. The third kappa shape index (κ3) is 3.49. The van der Waals surface area contributed by atoms with E-state index in [1.165, 1.54) is 0 Å². The van der Waals surface area contributed by atoms with Gasteiger partial charge in [-0.1, -0.05) is 17.0 Å². The van der Waals surface area contributed by atoms with Gasteiger partial charge in [0.25, 0.3) is 0 Å². The predicted octanol–water partition coefficient (Wildman–Crippen LogP) is -1.56. The van der Waals surface area contributed by atoms with E-state index in [1.54, 1.807) is 24.3 Å². The number of nitrogens with one attached hydrogen (secondary N) is 1. The molecule has 0 aliphatic carbocycles. The lowest BCUT2D eigenvalue weighted by Crippen LogP contribution is -2.33. The van der Waals surface area contributed by atoms with Gasteiger partial charge in [0.05, 0.1) is 6.54 Å². The first-order chi connectivity index (χ1) is 9.70. The smallest absolute Gasteiger partial charge is 0.349 e. The Kier molecular flexibility index (Phi) is 4.58. The summed E-state index contributed by atoms with van der Waals surface area (Å²) in [4.78, 5) is 28.3. The minimum atomic E-state index is -0.664. The number of nitrogens with two attached hydrogens (primary N) is 1. The van der Waals surface area contributed by atoms with E-state index in [9.17, 15) is 9.59 Å². The molecule has 1 heterocycles. The highest BCUT2D eigenvalue weighted by atomic mass is 16.7. The molecule has 106 valence electrons. The fourth-order valence-corrected chi connectivity index (χ4v) is 1.38. The average Bonchev–Trinajstić information content (AvgIpc) is 2.86. The van der Waals surface area contributed by atoms with E-state index in [4.69, 9.17) is 15.3 Å². The first-order valence-corrected chi connectivity index (χ1v) is 5.77. The highest BCUT2D eigenvalue weighted by molar-refractivity contribution is 5.77. The lowest BCUT2D eigenvalue weighted by molar-refractivity contribution is -0.151. The van der Waals surface area contributed by atoms with Gasteiger partial charge in [-0.2, -0.15) is 0 Å². The quantitative estimate of drug-likeness (QED) is 0.372. The Morgan fingerprint density at radius 2 is 2.15 bits per heavy atom. The Hall–Kier alpha value is -2.52. The van der Waals surface area contributed by atoms with Crippen molar-refractivity contribution >= 4 is 22.9 Å². The number of fused-ring (bicyclic) bond motifs is 1. The van der Waals surface area contributed by atoms with E-state index in [2.05, 4.69) is 15.6 Å². The van der Waals surface area contributed by atoms with Crippen LogP contribution in [0.3, 0.4) is 0 Å². The molecule has 0 aliphatic rings. The second kappa shape index (κ2) is 6.59. The van der Waals surface area contributed by atoms with Crippen molar-refractivity contribution < 1.29 is 19.2 Å². The molecule has 2 aromatic rings. The highest BCUT2D eigenvalue weighted by Crippen LogP contribution is 2.07. The summed E-state index contributed by atoms with van der Waals surface area (Å²) in [7, 11) is 0. The summed E-state index contributed by atoms with van der Waals surface area (Å²) in [6, 6.07) is 7.03. The molecular weight excluding hydrogens is 266 g/mol. The molecule has 2 rings (SSSR count). The average molecular weight is 279 g/mol. The molecule has 0 bridgehead atoms. The summed E-state index contributed by atoms with van der Waals surface area (Å²) in [6.45, 7) is -0.596. The third-order valence-electron chi connectivity index (χ3n) is 2.29. The van der Waals surface area contributed by atoms with Crippen LogP contribution in [-0.4, -0.2) is 46.9 Å². The molecule has 0 radical (unpaired) electrons. The van der Waals surface area contributed by atoms with Gasteiger partial charge in [-0.15, -0.1) is 5.10 Å². The van der Waals surface area contributed by atoms with E-state index in [0.717, 1.165) is 4.85 Å². The van der Waals surface area contributed by atoms with Crippen LogP contribution >= 0.6 is 0 Å². The molecule has 0 unspecified atom stereocenters. The van der Waals surface area contributed by atoms with Crippen molar-refractivity contribution in [2.75, 3.05) is 19.9 Å². The van der Waals surface area contributed by atoms with E-state index in [1.807, 2.05) is 0 Å². The summed E-state index contributed by atoms with van der Waals surface area (Å²) in [6.07, 6.45) is 0. The van der Waals surface area contributed by atoms with Crippen LogP contribution < -0.4 is 15.9 Å². The zero-order chi connectivity index (χ0) is 14.4. The number of carbonyl (C=O) groups is 2. The Morgan fingerprint density at radius 1 is 1.35 bits per heavy atom. The number of aromatic nitrogens is 3. The molecule has 9 heteroatoms. The molecule has 0 atom stereocenters. The van der Waals surface area contributed by atoms with Crippen LogP contribution in [0, 0.1) is 0 Å². The summed E-state index contributed by atoms with van der Waals surface area (Å²) in [5.74, 6) is -1.04. The Bertz CT molecular complexity index is 612. The van der Waals surface area contributed by atoms with Crippen molar-refractivity contribution in [3.63, 3.8) is 0 Å². The predicted molar refractivity (Wildman–Crippen MR) is 67.1 cm³/mol. The first kappa shape index (κ1) is 13.9. The first-order valence-electron chi connectivity index (χ1n) is 5.77. The second-order valence-electron chi connectivity index (χ2n) is 3.71. The van der Waals surface area contributed by atoms with Crippen molar-refractivity contribution in [3.05, 3.63) is 24.3 Å². The van der Waals surface area contributed by atoms with E-state index in [-0.39, 0.29) is 25.8 Å². The molecule has 0 fully saturated rings. The highest BCUT2D eigenvalue weighted by Gasteiger charge is 2.10. The van der Waals surface area contributed by atoms with Crippen LogP contribution in [0.1, 0.15) is 0 Å². The van der Waals surface area contributed by atoms with Crippen molar-refractivity contribution in [2.24, 2.45) is 5.73 Å². The van der Waals surface area contributed by atoms with Crippen molar-refractivity contribution in [1.82, 2.24) is 20.5 Å². The molecule has 1 aromatic heterocycles. The van der Waals surface area contributed by atoms with Gasteiger partial charge in [0.2, 0.25) is 5.91 Å². The monoisotopic (exact) mass is 279 g/mol. The number of benzene rings is 1. The van der Waals surface area contributed by atoms with Crippen molar-refractivity contribution in [3.8, 4) is 0 Å². The van der Waals surface area contributed by atoms with Crippen molar-refractivity contribution in [2.45, 2.75) is 0 Å². The molecule has 20 heavy (non-hydrogen) atoms. The zero-order valence-electron chi connectivity index (χ0n) is 10.5. The standard InChI is InChI=1S/C11H13N5O4/c12-5-10(17)13-7-19-6-11(18)20-16-9-4-2-1-3-8(9)14-15-16/h1-4H,5-7,12H2,(H,13,17). The second-order valence-corrected chi connectivity index (χ2v) is 3.71. The summed E-state index contributed by atoms with van der Waals surface area (Å²) in [5.41, 5.74) is 6.25. The molecular formula is C11H13N5O4. The summed E-state index contributed by atoms with van der Waals surface area (Å²) in [5, 5.41) is 9.86. The molecule has 0 aliphatic heterocycles. The number of carbonyl (C=O) groups excluding carboxylic acids is 2. The molecule has 0 saturated carbocycles. The lowest BCUT2D eigenvalue weighted by Gasteiger charge is -2.05. The van der Waals surface area contributed by atoms with E-state index in [0.29, 0.717) is 11.0 Å². The van der Waals surface area contributed by atoms with Gasteiger partial charge < -0.3 is 20.6 Å². The lowest BCUT2D eigenvalue weighted by atomic mass is 10.3. The van der Waals surface area contributed by atoms with Crippen LogP contribution in [0.5, 0.6) is 0 Å². The van der Waals surface area contributed by atoms with Gasteiger partial charge >= 0.3 is 5.97 Å². The normalized spacial score (nSPS) is 10.4. The zero-order valence-corrected chi connectivity index (χ0v) is 10.5. The molecule has 9 nitrogen and oxygen atoms in total. The van der Waals surface area contributed by atoms with E-state index >= 15 is 0 Å². The van der Waals surface area contributed by atoms with Crippen LogP contribution in [0.2, 0.25) is 0 Å². The van der Waals surface area contributed by atoms with Crippen LogP contribution in [0.4, 0.5) is 0 Å². The third-order valence-corrected chi connectivity index (χ3v) is 2.29. The topological polar surface area (TPSA) is 121 Å². The molecule has 0 spiro atoms. The van der Waals surface area contributed by atoms with Gasteiger partial charge in [-0.05, 0) is 17.3 Å². The van der Waals surface area contributed by atoms with Gasteiger partial charge in [0, 0.05) is 0 Å². The van der Waals surface area contributed by atoms with Crippen LogP contribution in [0.25, 0.3) is 11.0 Å². The minimum absolute atomic E-state index is 0.122. The maximum absolute atomic E-state index is 11.5. The number of hydrogen-bond donors (Lipinski definition) is 2. The number of para-hydroxylation sites is 1. The fourth-order valence-electron chi connectivity index (χ4n) is 1.38. The SMILES string of the molecule is NCC(=O)NCOCC(=O)On1nnc2ccccc21. The van der Waals surface area contributed by atoms with Gasteiger partial charge in [-0.25, -0.2) is 4.79 Å². The maximum Gasteiger partial charge on any atom is 0.360 e. The number of hydrogen-bond acceptors (Lipinski definition) is 7. The van der Waals surface area contributed by atoms with Crippen LogP contribution in [-0.2, 0) is 14.3 Å². The molecule has 1 amide bonds. The number of ether oxygens (including phenoxy) is 1. The molecule has 3 N–H and O–H groups in total. The Balaban J connectivity index is 1.81. The van der Waals surface area contributed by atoms with Gasteiger partial charge in [-0.3, -0.25) is 4.79 Å². The largest absolute Gasteiger partial charge is 0.360 e. The van der Waals surface area contributed by atoms with Crippen LogP contribution in [0.15, 0.2) is 24.3 Å². The molecule has 1 aromatic carbocycles. The van der Waals surface area contributed by atoms with Crippen molar-refractivity contribution in [1.29, 1.82) is 0 Å². The number of rotatable bonds is 6. The van der Waals surface area contributed by atoms with Gasteiger partial charge in [0.1, 0.15) is 24.4 Å². The van der Waals surface area contributed by atoms with E-state index < -0.39 is 5.97 Å². The Morgan fingerprint density at radius 3 is 2.95 bits per heavy atom. The number of nitrogens with zero attached hydrogens (tertiary/aromatic N) is 3. The summed E-state index contributed by atoms with van der Waals surface area (Å²) < 4.78 is 4.91. The fraction of sp³-hybridized carbons (Fsp3) is 0.273. The van der Waals surface area contributed by atoms with Gasteiger partial charge in [0.15, 0.2) is 0 Å². The Labute approximate surface area is 113 Å². The number of amides is 1. The molecule has 0 saturated heterocycles.